The maximum absolute atomic E-state index is 12.7. The summed E-state index contributed by atoms with van der Waals surface area (Å²) in [6, 6.07) is 8.66. The summed E-state index contributed by atoms with van der Waals surface area (Å²) in [7, 11) is 1.62. The van der Waals surface area contributed by atoms with Crippen molar-refractivity contribution in [1.29, 1.82) is 0 Å². The first-order valence-electron chi connectivity index (χ1n) is 9.53. The SMILES string of the molecule is CCC#Cc1cnn(C(c2ccccc2)C2CN(C)C(=O)c3c(O)c(=O)cnn32)n1. The van der Waals surface area contributed by atoms with Crippen molar-refractivity contribution in [2.75, 3.05) is 13.6 Å². The second kappa shape index (κ2) is 7.83. The third-order valence-corrected chi connectivity index (χ3v) is 4.97. The molecule has 1 aliphatic rings. The number of aromatic hydroxyl groups is 1. The van der Waals surface area contributed by atoms with Crippen molar-refractivity contribution in [2.24, 2.45) is 0 Å². The first-order valence-corrected chi connectivity index (χ1v) is 9.53. The van der Waals surface area contributed by atoms with Gasteiger partial charge >= 0.3 is 0 Å². The van der Waals surface area contributed by atoms with E-state index in [0.29, 0.717) is 12.1 Å². The van der Waals surface area contributed by atoms with Crippen molar-refractivity contribution >= 4 is 5.91 Å². The summed E-state index contributed by atoms with van der Waals surface area (Å²) in [6.07, 6.45) is 3.31. The number of aromatic nitrogens is 5. The van der Waals surface area contributed by atoms with E-state index in [2.05, 4.69) is 27.1 Å². The van der Waals surface area contributed by atoms with E-state index in [-0.39, 0.29) is 12.2 Å². The number of amides is 1. The summed E-state index contributed by atoms with van der Waals surface area (Å²) in [5.41, 5.74) is 0.588. The molecule has 0 saturated heterocycles. The fourth-order valence-electron chi connectivity index (χ4n) is 3.57. The molecule has 0 bridgehead atoms. The Balaban J connectivity index is 1.90. The smallest absolute Gasteiger partial charge is 0.275 e. The third-order valence-electron chi connectivity index (χ3n) is 4.97. The normalized spacial score (nSPS) is 16.5. The molecule has 1 amide bonds. The molecular formula is C21H20N6O3. The Bertz CT molecular complexity index is 1200. The molecule has 152 valence electrons. The van der Waals surface area contributed by atoms with Crippen LogP contribution < -0.4 is 5.43 Å². The molecule has 0 aliphatic carbocycles. The average Bonchev–Trinajstić information content (AvgIpc) is 3.21. The van der Waals surface area contributed by atoms with Crippen LogP contribution in [-0.2, 0) is 0 Å². The maximum Gasteiger partial charge on any atom is 0.275 e. The number of nitrogens with zero attached hydrogens (tertiary/aromatic N) is 6. The van der Waals surface area contributed by atoms with Crippen LogP contribution in [0.5, 0.6) is 5.75 Å². The van der Waals surface area contributed by atoms with Crippen LogP contribution >= 0.6 is 0 Å². The quantitative estimate of drug-likeness (QED) is 0.658. The van der Waals surface area contributed by atoms with Gasteiger partial charge in [0.1, 0.15) is 6.04 Å². The highest BCUT2D eigenvalue weighted by Crippen LogP contribution is 2.34. The number of carbonyl (C=O) groups excluding carboxylic acids is 1. The Morgan fingerprint density at radius 3 is 2.70 bits per heavy atom. The van der Waals surface area contributed by atoms with E-state index in [4.69, 9.17) is 0 Å². The standard InChI is InChI=1S/C21H20N6O3/c1-3-4-10-15-11-23-27(24-15)18(14-8-6-5-7-9-14)16-13-25(2)21(30)19-20(29)17(28)12-22-26(16)19/h5-9,11-12,16,18,29H,3,13H2,1-2H3. The highest BCUT2D eigenvalue weighted by molar-refractivity contribution is 5.95. The van der Waals surface area contributed by atoms with Gasteiger partial charge in [-0.1, -0.05) is 43.2 Å². The highest BCUT2D eigenvalue weighted by Gasteiger charge is 2.39. The van der Waals surface area contributed by atoms with E-state index >= 15 is 0 Å². The zero-order valence-electron chi connectivity index (χ0n) is 16.6. The lowest BCUT2D eigenvalue weighted by Crippen LogP contribution is -2.46. The Morgan fingerprint density at radius 1 is 1.20 bits per heavy atom. The molecule has 2 atom stereocenters. The van der Waals surface area contributed by atoms with E-state index in [1.807, 2.05) is 37.3 Å². The van der Waals surface area contributed by atoms with E-state index in [1.165, 1.54) is 9.58 Å². The molecule has 30 heavy (non-hydrogen) atoms. The van der Waals surface area contributed by atoms with Crippen LogP contribution in [0.1, 0.15) is 47.2 Å². The minimum atomic E-state index is -0.700. The van der Waals surface area contributed by atoms with Crippen molar-refractivity contribution in [2.45, 2.75) is 25.4 Å². The van der Waals surface area contributed by atoms with Gasteiger partial charge < -0.3 is 10.0 Å². The van der Waals surface area contributed by atoms with Gasteiger partial charge in [-0.2, -0.15) is 15.0 Å². The number of rotatable bonds is 3. The van der Waals surface area contributed by atoms with E-state index < -0.39 is 29.2 Å². The van der Waals surface area contributed by atoms with Crippen molar-refractivity contribution < 1.29 is 9.90 Å². The minimum absolute atomic E-state index is 0.139. The average molecular weight is 404 g/mol. The van der Waals surface area contributed by atoms with E-state index in [9.17, 15) is 14.7 Å². The molecule has 3 heterocycles. The number of benzene rings is 1. The second-order valence-corrected chi connectivity index (χ2v) is 6.96. The maximum atomic E-state index is 12.7. The van der Waals surface area contributed by atoms with Gasteiger partial charge in [0.05, 0.1) is 18.4 Å². The van der Waals surface area contributed by atoms with E-state index in [0.717, 1.165) is 11.8 Å². The van der Waals surface area contributed by atoms with Crippen molar-refractivity contribution in [3.8, 4) is 17.6 Å². The van der Waals surface area contributed by atoms with Gasteiger partial charge in [-0.15, -0.1) is 5.10 Å². The van der Waals surface area contributed by atoms with Crippen molar-refractivity contribution in [3.05, 3.63) is 69.9 Å². The topological polar surface area (TPSA) is 106 Å². The van der Waals surface area contributed by atoms with Gasteiger partial charge in [0, 0.05) is 20.0 Å². The molecule has 0 fully saturated rings. The largest absolute Gasteiger partial charge is 0.502 e. The molecular weight excluding hydrogens is 384 g/mol. The lowest BCUT2D eigenvalue weighted by atomic mass is 9.97. The van der Waals surface area contributed by atoms with E-state index in [1.54, 1.807) is 18.0 Å². The summed E-state index contributed by atoms with van der Waals surface area (Å²) < 4.78 is 1.40. The summed E-state index contributed by atoms with van der Waals surface area (Å²) in [5, 5.41) is 23.4. The molecule has 1 N–H and O–H groups in total. The molecule has 0 spiro atoms. The second-order valence-electron chi connectivity index (χ2n) is 6.96. The van der Waals surface area contributed by atoms with Gasteiger partial charge in [-0.3, -0.25) is 9.59 Å². The van der Waals surface area contributed by atoms with Gasteiger partial charge in [0.2, 0.25) is 5.43 Å². The molecule has 3 aromatic rings. The molecule has 9 nitrogen and oxygen atoms in total. The Labute approximate surface area is 172 Å². The highest BCUT2D eigenvalue weighted by atomic mass is 16.3. The summed E-state index contributed by atoms with van der Waals surface area (Å²) in [5.74, 6) is 4.86. The van der Waals surface area contributed by atoms with Gasteiger partial charge in [-0.25, -0.2) is 4.68 Å². The Hall–Kier alpha value is -3.93. The number of carbonyl (C=O) groups is 1. The summed E-state index contributed by atoms with van der Waals surface area (Å²) >= 11 is 0. The zero-order valence-corrected chi connectivity index (χ0v) is 16.6. The monoisotopic (exact) mass is 404 g/mol. The Kier molecular flexibility index (Phi) is 5.06. The van der Waals surface area contributed by atoms with Crippen LogP contribution in [0, 0.1) is 11.8 Å². The molecule has 0 radical (unpaired) electrons. The number of hydrogen-bond donors (Lipinski definition) is 1. The molecule has 0 saturated carbocycles. The fourth-order valence-corrected chi connectivity index (χ4v) is 3.57. The molecule has 1 aliphatic heterocycles. The van der Waals surface area contributed by atoms with Gasteiger partial charge in [0.25, 0.3) is 5.91 Å². The predicted octanol–water partition coefficient (Wildman–Crippen LogP) is 1.22. The van der Waals surface area contributed by atoms with Gasteiger partial charge in [-0.05, 0) is 11.5 Å². The van der Waals surface area contributed by atoms with Crippen LogP contribution in [0.2, 0.25) is 0 Å². The first kappa shape index (κ1) is 19.4. The van der Waals surface area contributed by atoms with Gasteiger partial charge in [0.15, 0.2) is 17.1 Å². The fraction of sp³-hybridized carbons (Fsp3) is 0.286. The van der Waals surface area contributed by atoms with Crippen molar-refractivity contribution in [3.63, 3.8) is 0 Å². The summed E-state index contributed by atoms with van der Waals surface area (Å²) in [6.45, 7) is 2.24. The first-order chi connectivity index (χ1) is 14.5. The van der Waals surface area contributed by atoms with Crippen LogP contribution in [0.25, 0.3) is 0 Å². The molecule has 4 rings (SSSR count). The lowest BCUT2D eigenvalue weighted by Gasteiger charge is -2.36. The minimum Gasteiger partial charge on any atom is -0.502 e. The number of likely N-dealkylation sites (N-methyl/N-ethyl adjacent to an activating group) is 1. The molecule has 1 aromatic carbocycles. The van der Waals surface area contributed by atoms with Crippen LogP contribution in [0.3, 0.4) is 0 Å². The number of fused-ring (bicyclic) bond motifs is 1. The predicted molar refractivity (Wildman–Crippen MR) is 108 cm³/mol. The third kappa shape index (κ3) is 3.33. The number of hydrogen-bond acceptors (Lipinski definition) is 6. The lowest BCUT2D eigenvalue weighted by molar-refractivity contribution is 0.0662. The van der Waals surface area contributed by atoms with Crippen molar-refractivity contribution in [1.82, 2.24) is 29.7 Å². The molecule has 2 unspecified atom stereocenters. The van der Waals surface area contributed by atoms with Crippen LogP contribution in [0.15, 0.2) is 47.5 Å². The molecule has 9 heteroatoms. The zero-order chi connectivity index (χ0) is 21.3. The van der Waals surface area contributed by atoms with Crippen LogP contribution in [-0.4, -0.2) is 54.3 Å². The molecule has 2 aromatic heterocycles. The Morgan fingerprint density at radius 2 is 1.97 bits per heavy atom. The van der Waals surface area contributed by atoms with Crippen LogP contribution in [0.4, 0.5) is 0 Å². The summed E-state index contributed by atoms with van der Waals surface area (Å²) in [4.78, 5) is 27.6.